The standard InChI is InChI=1S/C13H11ClN2O3S/c1-2-15(9-6-4-3-5-7-9)13(17)11-8-10(16(18)19)12(14)20-11/h3-8H,2H2,1H3. The summed E-state index contributed by atoms with van der Waals surface area (Å²) < 4.78 is 0.0162. The number of carbonyl (C=O) groups is 1. The molecule has 0 aliphatic heterocycles. The number of anilines is 1. The topological polar surface area (TPSA) is 63.5 Å². The molecule has 1 heterocycles. The van der Waals surface area contributed by atoms with Crippen LogP contribution in [0.25, 0.3) is 0 Å². The number of rotatable bonds is 4. The summed E-state index contributed by atoms with van der Waals surface area (Å²) in [4.78, 5) is 24.4. The number of hydrogen-bond donors (Lipinski definition) is 0. The van der Waals surface area contributed by atoms with Crippen LogP contribution in [-0.2, 0) is 0 Å². The quantitative estimate of drug-likeness (QED) is 0.634. The van der Waals surface area contributed by atoms with E-state index in [2.05, 4.69) is 0 Å². The second-order valence-corrected chi connectivity index (χ2v) is 5.57. The van der Waals surface area contributed by atoms with Crippen LogP contribution < -0.4 is 4.90 Å². The van der Waals surface area contributed by atoms with Crippen molar-refractivity contribution in [1.29, 1.82) is 0 Å². The zero-order valence-electron chi connectivity index (χ0n) is 10.6. The average molecular weight is 311 g/mol. The Hall–Kier alpha value is -1.92. The van der Waals surface area contributed by atoms with Gasteiger partial charge in [-0.15, -0.1) is 11.3 Å². The van der Waals surface area contributed by atoms with Crippen LogP contribution >= 0.6 is 22.9 Å². The van der Waals surface area contributed by atoms with E-state index in [0.717, 1.165) is 17.0 Å². The molecule has 0 unspecified atom stereocenters. The fourth-order valence-corrected chi connectivity index (χ4v) is 2.95. The SMILES string of the molecule is CCN(C(=O)c1cc([N+](=O)[O-])c(Cl)s1)c1ccccc1. The Morgan fingerprint density at radius 3 is 2.55 bits per heavy atom. The highest BCUT2D eigenvalue weighted by molar-refractivity contribution is 7.18. The van der Waals surface area contributed by atoms with Crippen LogP contribution in [0.5, 0.6) is 0 Å². The van der Waals surface area contributed by atoms with Gasteiger partial charge in [0, 0.05) is 18.3 Å². The zero-order chi connectivity index (χ0) is 14.7. The van der Waals surface area contributed by atoms with Crippen molar-refractivity contribution in [3.63, 3.8) is 0 Å². The smallest absolute Gasteiger partial charge is 0.299 e. The summed E-state index contributed by atoms with van der Waals surface area (Å²) in [5.74, 6) is -0.293. The van der Waals surface area contributed by atoms with Gasteiger partial charge in [0.25, 0.3) is 11.6 Å². The van der Waals surface area contributed by atoms with E-state index >= 15 is 0 Å². The maximum atomic E-state index is 12.4. The van der Waals surface area contributed by atoms with E-state index in [-0.39, 0.29) is 20.8 Å². The lowest BCUT2D eigenvalue weighted by atomic mass is 10.2. The van der Waals surface area contributed by atoms with Crippen molar-refractivity contribution < 1.29 is 9.72 Å². The number of nitro groups is 1. The third-order valence-corrected chi connectivity index (χ3v) is 4.03. The van der Waals surface area contributed by atoms with E-state index in [1.807, 2.05) is 37.3 Å². The van der Waals surface area contributed by atoms with Gasteiger partial charge in [0.05, 0.1) is 4.92 Å². The molecule has 2 rings (SSSR count). The summed E-state index contributed by atoms with van der Waals surface area (Å²) >= 11 is 6.71. The Bertz CT molecular complexity index is 642. The van der Waals surface area contributed by atoms with Crippen LogP contribution in [0.1, 0.15) is 16.6 Å². The molecule has 1 aromatic heterocycles. The van der Waals surface area contributed by atoms with Gasteiger partial charge in [0.15, 0.2) is 4.34 Å². The van der Waals surface area contributed by atoms with Crippen LogP contribution in [0.2, 0.25) is 4.34 Å². The Kier molecular flexibility index (Phi) is 4.36. The normalized spacial score (nSPS) is 10.3. The maximum absolute atomic E-state index is 12.4. The van der Waals surface area contributed by atoms with Crippen LogP contribution in [-0.4, -0.2) is 17.4 Å². The fraction of sp³-hybridized carbons (Fsp3) is 0.154. The molecular formula is C13H11ClN2O3S. The molecule has 0 saturated carbocycles. The lowest BCUT2D eigenvalue weighted by Crippen LogP contribution is -2.29. The summed E-state index contributed by atoms with van der Waals surface area (Å²) in [6, 6.07) is 10.4. The van der Waals surface area contributed by atoms with Crippen LogP contribution in [0.15, 0.2) is 36.4 Å². The molecule has 5 nitrogen and oxygen atoms in total. The lowest BCUT2D eigenvalue weighted by molar-refractivity contribution is -0.384. The summed E-state index contributed by atoms with van der Waals surface area (Å²) in [5.41, 5.74) is 0.510. The minimum atomic E-state index is -0.589. The van der Waals surface area contributed by atoms with Gasteiger partial charge < -0.3 is 4.90 Å². The number of benzene rings is 1. The van der Waals surface area contributed by atoms with Crippen molar-refractivity contribution in [2.45, 2.75) is 6.92 Å². The molecule has 104 valence electrons. The van der Waals surface area contributed by atoms with E-state index in [9.17, 15) is 14.9 Å². The number of carbonyl (C=O) groups excluding carboxylic acids is 1. The average Bonchev–Trinajstić information content (AvgIpc) is 2.83. The van der Waals surface area contributed by atoms with Gasteiger partial charge in [-0.25, -0.2) is 0 Å². The van der Waals surface area contributed by atoms with Crippen molar-refractivity contribution in [1.82, 2.24) is 0 Å². The monoisotopic (exact) mass is 310 g/mol. The first kappa shape index (κ1) is 14.5. The molecule has 1 aromatic carbocycles. The number of halogens is 1. The van der Waals surface area contributed by atoms with E-state index in [0.29, 0.717) is 6.54 Å². The van der Waals surface area contributed by atoms with Crippen molar-refractivity contribution >= 4 is 40.2 Å². The van der Waals surface area contributed by atoms with E-state index < -0.39 is 4.92 Å². The predicted octanol–water partition coefficient (Wildman–Crippen LogP) is 3.98. The largest absolute Gasteiger partial charge is 0.308 e. The molecule has 7 heteroatoms. The van der Waals surface area contributed by atoms with Gasteiger partial charge in [-0.1, -0.05) is 29.8 Å². The summed E-state index contributed by atoms with van der Waals surface area (Å²) in [7, 11) is 0. The van der Waals surface area contributed by atoms with Crippen LogP contribution in [0.3, 0.4) is 0 Å². The highest BCUT2D eigenvalue weighted by Gasteiger charge is 2.24. The predicted molar refractivity (Wildman–Crippen MR) is 79.8 cm³/mol. The van der Waals surface area contributed by atoms with E-state index in [1.54, 1.807) is 4.90 Å². The number of thiophene rings is 1. The molecule has 0 atom stereocenters. The number of nitrogens with zero attached hydrogens (tertiary/aromatic N) is 2. The highest BCUT2D eigenvalue weighted by Crippen LogP contribution is 2.34. The second kappa shape index (κ2) is 6.02. The molecule has 20 heavy (non-hydrogen) atoms. The molecule has 0 aliphatic carbocycles. The number of para-hydroxylation sites is 1. The first-order valence-electron chi connectivity index (χ1n) is 5.85. The van der Waals surface area contributed by atoms with Crippen molar-refractivity contribution in [2.75, 3.05) is 11.4 Å². The molecule has 0 saturated heterocycles. The Labute approximate surface area is 124 Å². The van der Waals surface area contributed by atoms with Crippen molar-refractivity contribution in [3.05, 3.63) is 55.7 Å². The molecule has 0 aliphatic rings. The van der Waals surface area contributed by atoms with Gasteiger partial charge in [0.1, 0.15) is 4.88 Å². The van der Waals surface area contributed by atoms with E-state index in [4.69, 9.17) is 11.6 Å². The minimum Gasteiger partial charge on any atom is -0.308 e. The molecular weight excluding hydrogens is 300 g/mol. The molecule has 0 N–H and O–H groups in total. The van der Waals surface area contributed by atoms with Crippen LogP contribution in [0.4, 0.5) is 11.4 Å². The summed E-state index contributed by atoms with van der Waals surface area (Å²) in [6.07, 6.45) is 0. The van der Waals surface area contributed by atoms with Gasteiger partial charge in [0.2, 0.25) is 0 Å². The zero-order valence-corrected chi connectivity index (χ0v) is 12.1. The Morgan fingerprint density at radius 1 is 1.40 bits per heavy atom. The molecule has 2 aromatic rings. The van der Waals surface area contributed by atoms with Crippen molar-refractivity contribution in [2.24, 2.45) is 0 Å². The highest BCUT2D eigenvalue weighted by atomic mass is 35.5. The molecule has 0 spiro atoms. The van der Waals surface area contributed by atoms with Gasteiger partial charge in [-0.2, -0.15) is 0 Å². The molecule has 0 fully saturated rings. The van der Waals surface area contributed by atoms with Gasteiger partial charge >= 0.3 is 0 Å². The first-order valence-corrected chi connectivity index (χ1v) is 7.04. The third-order valence-electron chi connectivity index (χ3n) is 2.71. The Morgan fingerprint density at radius 2 is 2.05 bits per heavy atom. The first-order chi connectivity index (χ1) is 9.54. The number of hydrogen-bond acceptors (Lipinski definition) is 4. The Balaban J connectivity index is 2.34. The van der Waals surface area contributed by atoms with Gasteiger partial charge in [-0.05, 0) is 19.1 Å². The summed E-state index contributed by atoms with van der Waals surface area (Å²) in [6.45, 7) is 2.31. The minimum absolute atomic E-state index is 0.0162. The molecule has 0 radical (unpaired) electrons. The lowest BCUT2D eigenvalue weighted by Gasteiger charge is -2.19. The fourth-order valence-electron chi connectivity index (χ4n) is 1.77. The van der Waals surface area contributed by atoms with Gasteiger partial charge in [-0.3, -0.25) is 14.9 Å². The van der Waals surface area contributed by atoms with E-state index in [1.165, 1.54) is 6.07 Å². The van der Waals surface area contributed by atoms with Crippen LogP contribution in [0, 0.1) is 10.1 Å². The number of amides is 1. The summed E-state index contributed by atoms with van der Waals surface area (Å²) in [5, 5.41) is 10.8. The molecule has 1 amide bonds. The second-order valence-electron chi connectivity index (χ2n) is 3.91. The molecule has 0 bridgehead atoms. The third kappa shape index (κ3) is 2.81. The maximum Gasteiger partial charge on any atom is 0.299 e. The van der Waals surface area contributed by atoms with Crippen molar-refractivity contribution in [3.8, 4) is 0 Å².